The quantitative estimate of drug-likeness (QED) is 0.884. The maximum atomic E-state index is 6.13. The molecule has 2 rings (SSSR count). The summed E-state index contributed by atoms with van der Waals surface area (Å²) in [6.45, 7) is 0.811. The lowest BCUT2D eigenvalue weighted by molar-refractivity contribution is 0.525. The van der Waals surface area contributed by atoms with Gasteiger partial charge in [0.25, 0.3) is 0 Å². The first kappa shape index (κ1) is 13.5. The highest BCUT2D eigenvalue weighted by molar-refractivity contribution is 7.99. The van der Waals surface area contributed by atoms with Crippen molar-refractivity contribution < 1.29 is 0 Å². The van der Waals surface area contributed by atoms with E-state index in [1.807, 2.05) is 30.0 Å². The molecule has 1 fully saturated rings. The van der Waals surface area contributed by atoms with Gasteiger partial charge in [0.15, 0.2) is 0 Å². The molecule has 1 aromatic carbocycles. The van der Waals surface area contributed by atoms with Crippen molar-refractivity contribution in [1.29, 1.82) is 0 Å². The molecule has 0 spiro atoms. The van der Waals surface area contributed by atoms with Crippen LogP contribution in [0.15, 0.2) is 18.2 Å². The van der Waals surface area contributed by atoms with Crippen LogP contribution in [-0.2, 0) is 6.54 Å². The third kappa shape index (κ3) is 3.78. The Morgan fingerprint density at radius 1 is 1.35 bits per heavy atom. The summed E-state index contributed by atoms with van der Waals surface area (Å²) >= 11 is 14.1. The Kier molecular flexibility index (Phi) is 5.04. The lowest BCUT2D eigenvalue weighted by Crippen LogP contribution is -2.26. The Morgan fingerprint density at radius 3 is 2.88 bits per heavy atom. The van der Waals surface area contributed by atoms with E-state index < -0.39 is 0 Å². The maximum Gasteiger partial charge on any atom is 0.0451 e. The van der Waals surface area contributed by atoms with Gasteiger partial charge in [0.05, 0.1) is 0 Å². The summed E-state index contributed by atoms with van der Waals surface area (Å²) < 4.78 is 0. The second-order valence-corrected chi connectivity index (χ2v) is 6.47. The van der Waals surface area contributed by atoms with Gasteiger partial charge in [0.1, 0.15) is 0 Å². The van der Waals surface area contributed by atoms with E-state index in [0.29, 0.717) is 6.04 Å². The fourth-order valence-electron chi connectivity index (χ4n) is 2.27. The van der Waals surface area contributed by atoms with Crippen LogP contribution in [0, 0.1) is 0 Å². The predicted molar refractivity (Wildman–Crippen MR) is 78.2 cm³/mol. The molecule has 4 heteroatoms. The van der Waals surface area contributed by atoms with E-state index in [1.54, 1.807) is 0 Å². The molecule has 0 saturated heterocycles. The Balaban J connectivity index is 1.88. The minimum absolute atomic E-state index is 0.627. The van der Waals surface area contributed by atoms with Gasteiger partial charge in [-0.25, -0.2) is 0 Å². The summed E-state index contributed by atoms with van der Waals surface area (Å²) in [7, 11) is 0. The van der Waals surface area contributed by atoms with Crippen LogP contribution < -0.4 is 5.32 Å². The van der Waals surface area contributed by atoms with Gasteiger partial charge >= 0.3 is 0 Å². The summed E-state index contributed by atoms with van der Waals surface area (Å²) in [6, 6.07) is 6.26. The summed E-state index contributed by atoms with van der Waals surface area (Å²) in [6.07, 6.45) is 6.05. The standard InChI is InChI=1S/C13H17Cl2NS/c1-17-12-4-3-11(7-12)16-8-9-6-10(14)2-5-13(9)15/h2,5-6,11-12,16H,3-4,7-8H2,1H3. The van der Waals surface area contributed by atoms with Gasteiger partial charge in [0.2, 0.25) is 0 Å². The molecule has 0 radical (unpaired) electrons. The molecule has 17 heavy (non-hydrogen) atoms. The number of halogens is 2. The largest absolute Gasteiger partial charge is 0.310 e. The molecular weight excluding hydrogens is 273 g/mol. The number of hydrogen-bond donors (Lipinski definition) is 1. The van der Waals surface area contributed by atoms with E-state index in [1.165, 1.54) is 19.3 Å². The molecular formula is C13H17Cl2NS. The molecule has 0 aliphatic heterocycles. The van der Waals surface area contributed by atoms with E-state index in [9.17, 15) is 0 Å². The molecule has 1 aliphatic carbocycles. The van der Waals surface area contributed by atoms with Crippen molar-refractivity contribution in [2.75, 3.05) is 6.26 Å². The van der Waals surface area contributed by atoms with E-state index in [2.05, 4.69) is 11.6 Å². The second-order valence-electron chi connectivity index (χ2n) is 4.48. The number of thioether (sulfide) groups is 1. The van der Waals surface area contributed by atoms with E-state index >= 15 is 0 Å². The van der Waals surface area contributed by atoms with Crippen LogP contribution in [-0.4, -0.2) is 17.5 Å². The van der Waals surface area contributed by atoms with E-state index in [0.717, 1.165) is 27.4 Å². The van der Waals surface area contributed by atoms with Gasteiger partial charge in [-0.3, -0.25) is 0 Å². The number of nitrogens with one attached hydrogen (secondary N) is 1. The number of benzene rings is 1. The Morgan fingerprint density at radius 2 is 2.18 bits per heavy atom. The number of hydrogen-bond acceptors (Lipinski definition) is 2. The molecule has 2 unspecified atom stereocenters. The van der Waals surface area contributed by atoms with Crippen molar-refractivity contribution in [3.05, 3.63) is 33.8 Å². The second kappa shape index (κ2) is 6.33. The van der Waals surface area contributed by atoms with E-state index in [4.69, 9.17) is 23.2 Å². The highest BCUT2D eigenvalue weighted by Crippen LogP contribution is 2.28. The van der Waals surface area contributed by atoms with Crippen LogP contribution in [0.3, 0.4) is 0 Å². The lowest BCUT2D eigenvalue weighted by atomic mass is 10.2. The smallest absolute Gasteiger partial charge is 0.0451 e. The molecule has 1 aromatic rings. The lowest BCUT2D eigenvalue weighted by Gasteiger charge is -2.13. The van der Waals surface area contributed by atoms with Gasteiger partial charge < -0.3 is 5.32 Å². The third-order valence-corrected chi connectivity index (χ3v) is 5.01. The minimum Gasteiger partial charge on any atom is -0.310 e. The normalized spacial score (nSPS) is 24.2. The fraction of sp³-hybridized carbons (Fsp3) is 0.538. The molecule has 0 heterocycles. The molecule has 0 bridgehead atoms. The van der Waals surface area contributed by atoms with Crippen LogP contribution in [0.2, 0.25) is 10.0 Å². The van der Waals surface area contributed by atoms with Crippen molar-refractivity contribution in [2.24, 2.45) is 0 Å². The fourth-order valence-corrected chi connectivity index (χ4v) is 3.45. The van der Waals surface area contributed by atoms with Crippen LogP contribution in [0.5, 0.6) is 0 Å². The zero-order chi connectivity index (χ0) is 12.3. The first-order valence-corrected chi connectivity index (χ1v) is 7.93. The van der Waals surface area contributed by atoms with Crippen molar-refractivity contribution in [3.63, 3.8) is 0 Å². The molecule has 1 nitrogen and oxygen atoms in total. The molecule has 0 aromatic heterocycles. The van der Waals surface area contributed by atoms with Gasteiger partial charge in [-0.2, -0.15) is 11.8 Å². The van der Waals surface area contributed by atoms with Gasteiger partial charge in [-0.05, 0) is 49.3 Å². The Bertz CT molecular complexity index is 384. The van der Waals surface area contributed by atoms with Crippen LogP contribution in [0.1, 0.15) is 24.8 Å². The van der Waals surface area contributed by atoms with Gasteiger partial charge in [-0.15, -0.1) is 0 Å². The summed E-state index contributed by atoms with van der Waals surface area (Å²) in [5.41, 5.74) is 1.09. The molecule has 2 atom stereocenters. The van der Waals surface area contributed by atoms with Crippen molar-refractivity contribution in [3.8, 4) is 0 Å². The van der Waals surface area contributed by atoms with Crippen LogP contribution >= 0.6 is 35.0 Å². The molecule has 1 N–H and O–H groups in total. The first-order chi connectivity index (χ1) is 8.19. The number of rotatable bonds is 4. The third-order valence-electron chi connectivity index (χ3n) is 3.31. The minimum atomic E-state index is 0.627. The Hall–Kier alpha value is 0.110. The Labute approximate surface area is 117 Å². The van der Waals surface area contributed by atoms with E-state index in [-0.39, 0.29) is 0 Å². The zero-order valence-corrected chi connectivity index (χ0v) is 12.2. The molecule has 0 amide bonds. The summed E-state index contributed by atoms with van der Waals surface area (Å²) in [4.78, 5) is 0. The van der Waals surface area contributed by atoms with Crippen LogP contribution in [0.4, 0.5) is 0 Å². The van der Waals surface area contributed by atoms with Crippen molar-refractivity contribution in [1.82, 2.24) is 5.32 Å². The maximum absolute atomic E-state index is 6.13. The average Bonchev–Trinajstić information content (AvgIpc) is 2.78. The van der Waals surface area contributed by atoms with Gasteiger partial charge in [-0.1, -0.05) is 23.2 Å². The molecule has 1 aliphatic rings. The van der Waals surface area contributed by atoms with Crippen molar-refractivity contribution >= 4 is 35.0 Å². The highest BCUT2D eigenvalue weighted by atomic mass is 35.5. The van der Waals surface area contributed by atoms with Gasteiger partial charge in [0, 0.05) is 27.9 Å². The SMILES string of the molecule is CSC1CCC(NCc2cc(Cl)ccc2Cl)C1. The summed E-state index contributed by atoms with van der Waals surface area (Å²) in [5.74, 6) is 0. The predicted octanol–water partition coefficient (Wildman–Crippen LogP) is 4.37. The highest BCUT2D eigenvalue weighted by Gasteiger charge is 2.23. The molecule has 94 valence electrons. The van der Waals surface area contributed by atoms with Crippen molar-refractivity contribution in [2.45, 2.75) is 37.1 Å². The summed E-state index contributed by atoms with van der Waals surface area (Å²) in [5, 5.41) is 5.94. The zero-order valence-electron chi connectivity index (χ0n) is 9.88. The monoisotopic (exact) mass is 289 g/mol. The van der Waals surface area contributed by atoms with Crippen LogP contribution in [0.25, 0.3) is 0 Å². The topological polar surface area (TPSA) is 12.0 Å². The average molecular weight is 290 g/mol. The molecule has 1 saturated carbocycles. The first-order valence-electron chi connectivity index (χ1n) is 5.89.